The van der Waals surface area contributed by atoms with Gasteiger partial charge in [0.15, 0.2) is 0 Å². The molecular weight excluding hydrogens is 335 g/mol. The van der Waals surface area contributed by atoms with Crippen LogP contribution in [0.4, 0.5) is 10.1 Å². The lowest BCUT2D eigenvalue weighted by Gasteiger charge is -2.10. The predicted molar refractivity (Wildman–Crippen MR) is 75.7 cm³/mol. The van der Waals surface area contributed by atoms with Gasteiger partial charge in [-0.3, -0.25) is 0 Å². The summed E-state index contributed by atoms with van der Waals surface area (Å²) < 4.78 is 39.9. The smallest absolute Gasteiger partial charge is 0.242 e. The lowest BCUT2D eigenvalue weighted by atomic mass is 10.2. The first-order chi connectivity index (χ1) is 8.90. The Balaban J connectivity index is 2.03. The molecule has 4 nitrogen and oxygen atoms in total. The Kier molecular flexibility index (Phi) is 4.47. The van der Waals surface area contributed by atoms with Crippen molar-refractivity contribution in [3.63, 3.8) is 0 Å². The number of rotatable bonds is 6. The maximum Gasteiger partial charge on any atom is 0.242 e. The van der Waals surface area contributed by atoms with E-state index in [0.717, 1.165) is 24.8 Å². The highest BCUT2D eigenvalue weighted by Gasteiger charge is 2.22. The van der Waals surface area contributed by atoms with Crippen molar-refractivity contribution in [2.75, 3.05) is 12.3 Å². The van der Waals surface area contributed by atoms with Crippen molar-refractivity contribution in [2.24, 2.45) is 5.92 Å². The predicted octanol–water partition coefficient (Wildman–Crippen LogP) is 2.64. The molecule has 0 atom stereocenters. The van der Waals surface area contributed by atoms with E-state index < -0.39 is 15.8 Å². The first-order valence-electron chi connectivity index (χ1n) is 6.14. The molecule has 1 fully saturated rings. The molecule has 0 spiro atoms. The summed E-state index contributed by atoms with van der Waals surface area (Å²) in [6.45, 7) is 0.382. The lowest BCUT2D eigenvalue weighted by molar-refractivity contribution is 0.572. The van der Waals surface area contributed by atoms with Crippen LogP contribution in [-0.4, -0.2) is 15.0 Å². The molecule has 0 unspecified atom stereocenters. The summed E-state index contributed by atoms with van der Waals surface area (Å²) in [5.74, 6) is 0.194. The molecule has 7 heteroatoms. The number of hydrogen-bond donors (Lipinski definition) is 2. The minimum Gasteiger partial charge on any atom is -0.398 e. The van der Waals surface area contributed by atoms with Crippen LogP contribution in [0.5, 0.6) is 0 Å². The quantitative estimate of drug-likeness (QED) is 0.611. The molecule has 1 aromatic rings. The molecule has 1 saturated carbocycles. The van der Waals surface area contributed by atoms with E-state index in [-0.39, 0.29) is 15.1 Å². The fraction of sp³-hybridized carbons (Fsp3) is 0.500. The van der Waals surface area contributed by atoms with Crippen LogP contribution in [-0.2, 0) is 10.0 Å². The molecular formula is C12H16BrFN2O2S. The van der Waals surface area contributed by atoms with Crippen molar-refractivity contribution in [3.05, 3.63) is 22.4 Å². The number of halogens is 2. The molecule has 0 amide bonds. The summed E-state index contributed by atoms with van der Waals surface area (Å²) in [7, 11) is -3.68. The highest BCUT2D eigenvalue weighted by Crippen LogP contribution is 2.33. The number of anilines is 1. The fourth-order valence-corrected chi connectivity index (χ4v) is 3.56. The van der Waals surface area contributed by atoms with Gasteiger partial charge in [0.2, 0.25) is 10.0 Å². The fourth-order valence-electron chi connectivity index (χ4n) is 1.86. The van der Waals surface area contributed by atoms with Gasteiger partial charge >= 0.3 is 0 Å². The van der Waals surface area contributed by atoms with Gasteiger partial charge in [-0.1, -0.05) is 12.8 Å². The average Bonchev–Trinajstić information content (AvgIpc) is 3.13. The van der Waals surface area contributed by atoms with E-state index in [2.05, 4.69) is 20.7 Å². The van der Waals surface area contributed by atoms with Crippen LogP contribution in [0, 0.1) is 11.7 Å². The van der Waals surface area contributed by atoms with Crippen LogP contribution < -0.4 is 10.5 Å². The summed E-state index contributed by atoms with van der Waals surface area (Å²) in [6, 6.07) is 2.19. The molecule has 0 saturated heterocycles. The number of nitrogens with two attached hydrogens (primary N) is 1. The normalized spacial score (nSPS) is 15.7. The Bertz CT molecular complexity index is 573. The Labute approximate surface area is 120 Å². The van der Waals surface area contributed by atoms with Crippen molar-refractivity contribution in [2.45, 2.75) is 30.6 Å². The van der Waals surface area contributed by atoms with Crippen LogP contribution in [0.25, 0.3) is 0 Å². The van der Waals surface area contributed by atoms with Gasteiger partial charge in [0.1, 0.15) is 10.7 Å². The van der Waals surface area contributed by atoms with Gasteiger partial charge in [-0.05, 0) is 46.8 Å². The van der Waals surface area contributed by atoms with Gasteiger partial charge in [-0.25, -0.2) is 17.5 Å². The molecule has 0 aliphatic heterocycles. The van der Waals surface area contributed by atoms with Crippen LogP contribution in [0.15, 0.2) is 21.5 Å². The molecule has 0 aromatic heterocycles. The zero-order valence-corrected chi connectivity index (χ0v) is 12.7. The first-order valence-corrected chi connectivity index (χ1v) is 8.42. The van der Waals surface area contributed by atoms with E-state index >= 15 is 0 Å². The number of sulfonamides is 1. The first kappa shape index (κ1) is 14.7. The number of nitrogen functional groups attached to an aromatic ring is 1. The Hall–Kier alpha value is -0.660. The third-order valence-electron chi connectivity index (χ3n) is 3.12. The van der Waals surface area contributed by atoms with Crippen molar-refractivity contribution < 1.29 is 12.8 Å². The van der Waals surface area contributed by atoms with E-state index in [4.69, 9.17) is 5.73 Å². The molecule has 19 heavy (non-hydrogen) atoms. The van der Waals surface area contributed by atoms with E-state index in [1.165, 1.54) is 18.9 Å². The Morgan fingerprint density at radius 2 is 2.11 bits per heavy atom. The Morgan fingerprint density at radius 3 is 2.74 bits per heavy atom. The zero-order valence-electron chi connectivity index (χ0n) is 10.3. The maximum atomic E-state index is 13.2. The van der Waals surface area contributed by atoms with Crippen LogP contribution >= 0.6 is 15.9 Å². The second-order valence-corrected chi connectivity index (χ2v) is 7.38. The molecule has 106 valence electrons. The van der Waals surface area contributed by atoms with Gasteiger partial charge in [0, 0.05) is 6.54 Å². The standard InChI is InChI=1S/C12H16BrFN2O2S/c13-9-6-12(11(15)7-10(9)14)19(17,18)16-5-1-2-8-3-4-8/h6-8,16H,1-5,15H2. The monoisotopic (exact) mass is 350 g/mol. The minimum atomic E-state index is -3.68. The minimum absolute atomic E-state index is 0.0834. The van der Waals surface area contributed by atoms with Crippen LogP contribution in [0.1, 0.15) is 25.7 Å². The highest BCUT2D eigenvalue weighted by atomic mass is 79.9. The topological polar surface area (TPSA) is 72.2 Å². The van der Waals surface area contributed by atoms with E-state index in [1.54, 1.807) is 0 Å². The molecule has 0 heterocycles. The zero-order chi connectivity index (χ0) is 14.0. The van der Waals surface area contributed by atoms with E-state index in [9.17, 15) is 12.8 Å². The summed E-state index contributed by atoms with van der Waals surface area (Å²) in [4.78, 5) is -0.0906. The number of nitrogens with one attached hydrogen (secondary N) is 1. The molecule has 1 aliphatic rings. The van der Waals surface area contributed by atoms with Gasteiger partial charge in [-0.2, -0.15) is 0 Å². The van der Waals surface area contributed by atoms with Gasteiger partial charge in [-0.15, -0.1) is 0 Å². The Morgan fingerprint density at radius 1 is 1.42 bits per heavy atom. The number of hydrogen-bond acceptors (Lipinski definition) is 3. The number of benzene rings is 1. The summed E-state index contributed by atoms with van der Waals surface area (Å²) in [5, 5.41) is 0. The summed E-state index contributed by atoms with van der Waals surface area (Å²) in [5.41, 5.74) is 5.47. The van der Waals surface area contributed by atoms with Crippen LogP contribution in [0.2, 0.25) is 0 Å². The van der Waals surface area contributed by atoms with Crippen LogP contribution in [0.3, 0.4) is 0 Å². The largest absolute Gasteiger partial charge is 0.398 e. The van der Waals surface area contributed by atoms with Gasteiger partial charge in [0.05, 0.1) is 10.2 Å². The SMILES string of the molecule is Nc1cc(F)c(Br)cc1S(=O)(=O)NCCCC1CC1. The molecule has 2 rings (SSSR count). The highest BCUT2D eigenvalue weighted by molar-refractivity contribution is 9.10. The van der Waals surface area contributed by atoms with E-state index in [1.807, 2.05) is 0 Å². The molecule has 1 aromatic carbocycles. The second kappa shape index (κ2) is 5.76. The van der Waals surface area contributed by atoms with E-state index in [0.29, 0.717) is 6.54 Å². The van der Waals surface area contributed by atoms with Crippen molar-refractivity contribution in [1.29, 1.82) is 0 Å². The summed E-state index contributed by atoms with van der Waals surface area (Å²) >= 11 is 2.96. The van der Waals surface area contributed by atoms with Crippen molar-refractivity contribution in [1.82, 2.24) is 4.72 Å². The molecule has 0 radical (unpaired) electrons. The molecule has 0 bridgehead atoms. The third-order valence-corrected chi connectivity index (χ3v) is 5.24. The molecule has 1 aliphatic carbocycles. The summed E-state index contributed by atoms with van der Waals surface area (Å²) in [6.07, 6.45) is 4.37. The second-order valence-electron chi connectivity index (χ2n) is 4.79. The van der Waals surface area contributed by atoms with Gasteiger partial charge < -0.3 is 5.73 Å². The maximum absolute atomic E-state index is 13.2. The third kappa shape index (κ3) is 3.90. The molecule has 3 N–H and O–H groups in total. The average molecular weight is 351 g/mol. The van der Waals surface area contributed by atoms with Crippen molar-refractivity contribution in [3.8, 4) is 0 Å². The van der Waals surface area contributed by atoms with Gasteiger partial charge in [0.25, 0.3) is 0 Å². The lowest BCUT2D eigenvalue weighted by Crippen LogP contribution is -2.25. The van der Waals surface area contributed by atoms with Crippen molar-refractivity contribution >= 4 is 31.6 Å².